The monoisotopic (exact) mass is 313 g/mol. The van der Waals surface area contributed by atoms with Crippen LogP contribution in [0.1, 0.15) is 27.0 Å². The number of aromatic nitrogens is 2. The third kappa shape index (κ3) is 2.42. The Morgan fingerprint density at radius 2 is 1.91 bits per heavy atom. The van der Waals surface area contributed by atoms with Gasteiger partial charge in [-0.3, -0.25) is 14.0 Å². The van der Waals surface area contributed by atoms with Crippen LogP contribution in [0.3, 0.4) is 0 Å². The van der Waals surface area contributed by atoms with Gasteiger partial charge in [-0.2, -0.15) is 0 Å². The number of carbonyl (C=O) groups excluding carboxylic acids is 1. The van der Waals surface area contributed by atoms with Gasteiger partial charge < -0.3 is 5.32 Å². The quantitative estimate of drug-likeness (QED) is 0.791. The van der Waals surface area contributed by atoms with E-state index in [1.54, 1.807) is 11.6 Å². The molecule has 2 heterocycles. The van der Waals surface area contributed by atoms with Crippen molar-refractivity contribution >= 4 is 27.9 Å². The first kappa shape index (κ1) is 14.5. The molecule has 0 fully saturated rings. The van der Waals surface area contributed by atoms with E-state index in [2.05, 4.69) is 10.3 Å². The third-order valence-electron chi connectivity index (χ3n) is 3.50. The van der Waals surface area contributed by atoms with Crippen molar-refractivity contribution in [1.82, 2.24) is 9.38 Å². The molecule has 2 aromatic heterocycles. The number of benzene rings is 1. The van der Waals surface area contributed by atoms with Gasteiger partial charge in [0, 0.05) is 23.5 Å². The van der Waals surface area contributed by atoms with E-state index in [4.69, 9.17) is 0 Å². The van der Waals surface area contributed by atoms with Crippen LogP contribution in [0.25, 0.3) is 4.96 Å². The van der Waals surface area contributed by atoms with Crippen molar-refractivity contribution in [2.24, 2.45) is 0 Å². The molecule has 3 aromatic rings. The first-order valence-electron chi connectivity index (χ1n) is 6.81. The van der Waals surface area contributed by atoms with Gasteiger partial charge in [0.1, 0.15) is 5.56 Å². The molecule has 0 aliphatic heterocycles. The van der Waals surface area contributed by atoms with Crippen molar-refractivity contribution in [1.29, 1.82) is 0 Å². The highest BCUT2D eigenvalue weighted by Gasteiger charge is 2.15. The summed E-state index contributed by atoms with van der Waals surface area (Å²) in [6.07, 6.45) is 2.96. The van der Waals surface area contributed by atoms with Crippen LogP contribution >= 0.6 is 11.3 Å². The molecule has 1 aromatic carbocycles. The summed E-state index contributed by atoms with van der Waals surface area (Å²) in [6.45, 7) is 5.87. The van der Waals surface area contributed by atoms with E-state index in [-0.39, 0.29) is 11.1 Å². The average molecular weight is 313 g/mol. The highest BCUT2D eigenvalue weighted by Crippen LogP contribution is 2.22. The van der Waals surface area contributed by atoms with Crippen LogP contribution in [-0.2, 0) is 0 Å². The molecule has 0 aliphatic rings. The number of carbonyl (C=O) groups is 1. The Bertz CT molecular complexity index is 917. The molecule has 1 N–H and O–H groups in total. The molecule has 0 atom stereocenters. The lowest BCUT2D eigenvalue weighted by molar-refractivity contribution is 0.102. The van der Waals surface area contributed by atoms with Crippen LogP contribution in [-0.4, -0.2) is 15.3 Å². The summed E-state index contributed by atoms with van der Waals surface area (Å²) in [5.41, 5.74) is 3.49. The normalized spacial score (nSPS) is 10.9. The lowest BCUT2D eigenvalue weighted by Gasteiger charge is -2.12. The highest BCUT2D eigenvalue weighted by atomic mass is 32.1. The summed E-state index contributed by atoms with van der Waals surface area (Å²) in [5.74, 6) is -0.437. The number of fused-ring (bicyclic) bond motifs is 1. The Hall–Kier alpha value is -2.47. The van der Waals surface area contributed by atoms with Crippen molar-refractivity contribution in [2.45, 2.75) is 20.8 Å². The fourth-order valence-electron chi connectivity index (χ4n) is 2.54. The van der Waals surface area contributed by atoms with Gasteiger partial charge in [0.05, 0.1) is 0 Å². The van der Waals surface area contributed by atoms with Crippen molar-refractivity contribution in [2.75, 3.05) is 5.32 Å². The Morgan fingerprint density at radius 3 is 2.59 bits per heavy atom. The van der Waals surface area contributed by atoms with Gasteiger partial charge in [-0.1, -0.05) is 17.7 Å². The molecule has 6 heteroatoms. The standard InChI is InChI=1S/C16H15N3O2S/c1-9-6-10(2)13(11(3)7-9)18-14(20)12-8-17-16-19(15(12)21)4-5-22-16/h4-8H,1-3H3,(H,18,20). The molecular weight excluding hydrogens is 298 g/mol. The van der Waals surface area contributed by atoms with Gasteiger partial charge in [0.2, 0.25) is 0 Å². The first-order chi connectivity index (χ1) is 10.5. The van der Waals surface area contributed by atoms with Crippen molar-refractivity contribution in [3.8, 4) is 0 Å². The number of nitrogens with zero attached hydrogens (tertiary/aromatic N) is 2. The zero-order chi connectivity index (χ0) is 15.9. The van der Waals surface area contributed by atoms with E-state index in [0.717, 1.165) is 22.4 Å². The van der Waals surface area contributed by atoms with Crippen molar-refractivity contribution in [3.05, 3.63) is 62.5 Å². The second-order valence-electron chi connectivity index (χ2n) is 5.26. The maximum absolute atomic E-state index is 12.4. The summed E-state index contributed by atoms with van der Waals surface area (Å²) in [4.78, 5) is 29.5. The molecular formula is C16H15N3O2S. The number of amides is 1. The number of anilines is 1. The van der Waals surface area contributed by atoms with Gasteiger partial charge in [-0.15, -0.1) is 11.3 Å². The van der Waals surface area contributed by atoms with Gasteiger partial charge in [0.25, 0.3) is 11.5 Å². The predicted molar refractivity (Wildman–Crippen MR) is 87.9 cm³/mol. The van der Waals surface area contributed by atoms with Crippen LogP contribution in [0.5, 0.6) is 0 Å². The number of thiazole rings is 1. The molecule has 0 aliphatic carbocycles. The van der Waals surface area contributed by atoms with Crippen LogP contribution < -0.4 is 10.9 Å². The van der Waals surface area contributed by atoms with E-state index >= 15 is 0 Å². The van der Waals surface area contributed by atoms with Crippen molar-refractivity contribution < 1.29 is 4.79 Å². The van der Waals surface area contributed by atoms with E-state index in [1.807, 2.05) is 32.9 Å². The highest BCUT2D eigenvalue weighted by molar-refractivity contribution is 7.15. The van der Waals surface area contributed by atoms with E-state index in [0.29, 0.717) is 4.96 Å². The maximum Gasteiger partial charge on any atom is 0.271 e. The Kier molecular flexibility index (Phi) is 3.54. The SMILES string of the molecule is Cc1cc(C)c(NC(=O)c2cnc3sccn3c2=O)c(C)c1. The average Bonchev–Trinajstić information content (AvgIpc) is 2.92. The third-order valence-corrected chi connectivity index (χ3v) is 4.27. The lowest BCUT2D eigenvalue weighted by Crippen LogP contribution is -2.26. The molecule has 0 spiro atoms. The second kappa shape index (κ2) is 5.38. The van der Waals surface area contributed by atoms with Crippen LogP contribution in [0.15, 0.2) is 34.7 Å². The summed E-state index contributed by atoms with van der Waals surface area (Å²) < 4.78 is 1.38. The number of hydrogen-bond acceptors (Lipinski definition) is 4. The van der Waals surface area contributed by atoms with E-state index < -0.39 is 5.91 Å². The topological polar surface area (TPSA) is 63.5 Å². The molecule has 0 radical (unpaired) electrons. The minimum absolute atomic E-state index is 0.0373. The molecule has 112 valence electrons. The molecule has 0 saturated heterocycles. The Balaban J connectivity index is 2.01. The van der Waals surface area contributed by atoms with Crippen LogP contribution in [0.4, 0.5) is 5.69 Å². The van der Waals surface area contributed by atoms with E-state index in [1.165, 1.54) is 21.9 Å². The van der Waals surface area contributed by atoms with Gasteiger partial charge in [-0.25, -0.2) is 4.98 Å². The zero-order valence-corrected chi connectivity index (χ0v) is 13.3. The van der Waals surface area contributed by atoms with Gasteiger partial charge in [0.15, 0.2) is 4.96 Å². The van der Waals surface area contributed by atoms with Gasteiger partial charge in [-0.05, 0) is 31.9 Å². The number of aryl methyl sites for hydroxylation is 3. The summed E-state index contributed by atoms with van der Waals surface area (Å²) in [6, 6.07) is 3.99. The smallest absolute Gasteiger partial charge is 0.271 e. The van der Waals surface area contributed by atoms with Crippen LogP contribution in [0.2, 0.25) is 0 Å². The molecule has 0 unspecified atom stereocenters. The molecule has 0 bridgehead atoms. The number of hydrogen-bond donors (Lipinski definition) is 1. The van der Waals surface area contributed by atoms with Crippen molar-refractivity contribution in [3.63, 3.8) is 0 Å². The van der Waals surface area contributed by atoms with Crippen LogP contribution in [0, 0.1) is 20.8 Å². The maximum atomic E-state index is 12.4. The number of rotatable bonds is 2. The van der Waals surface area contributed by atoms with E-state index in [9.17, 15) is 9.59 Å². The fraction of sp³-hybridized carbons (Fsp3) is 0.188. The molecule has 0 saturated carbocycles. The lowest BCUT2D eigenvalue weighted by atomic mass is 10.0. The largest absolute Gasteiger partial charge is 0.321 e. The minimum atomic E-state index is -0.437. The molecule has 3 rings (SSSR count). The molecule has 1 amide bonds. The first-order valence-corrected chi connectivity index (χ1v) is 7.69. The second-order valence-corrected chi connectivity index (χ2v) is 6.13. The summed E-state index contributed by atoms with van der Waals surface area (Å²) in [7, 11) is 0. The fourth-order valence-corrected chi connectivity index (χ4v) is 3.21. The summed E-state index contributed by atoms with van der Waals surface area (Å²) in [5, 5.41) is 4.59. The summed E-state index contributed by atoms with van der Waals surface area (Å²) >= 11 is 1.35. The minimum Gasteiger partial charge on any atom is -0.321 e. The predicted octanol–water partition coefficient (Wildman–Crippen LogP) is 2.93. The molecule has 5 nitrogen and oxygen atoms in total. The molecule has 22 heavy (non-hydrogen) atoms. The zero-order valence-electron chi connectivity index (χ0n) is 12.5. The van der Waals surface area contributed by atoms with Gasteiger partial charge >= 0.3 is 0 Å². The number of nitrogens with one attached hydrogen (secondary N) is 1. The Morgan fingerprint density at radius 1 is 1.23 bits per heavy atom. The Labute approximate surface area is 131 Å².